The first kappa shape index (κ1) is 12.3. The first-order chi connectivity index (χ1) is 8.85. The van der Waals surface area contributed by atoms with Gasteiger partial charge in [0.1, 0.15) is 18.4 Å². The number of aromatic nitrogens is 1. The summed E-state index contributed by atoms with van der Waals surface area (Å²) in [6, 6.07) is 11.5. The average Bonchev–Trinajstić information content (AvgIpc) is 2.43. The molecule has 1 aromatic carbocycles. The Hall–Kier alpha value is -2.12. The largest absolute Gasteiger partial charge is 0.490 e. The second-order valence-electron chi connectivity index (χ2n) is 3.88. The lowest BCUT2D eigenvalue weighted by Gasteiger charge is -2.12. The maximum Gasteiger partial charge on any atom is 0.130 e. The molecule has 0 bridgehead atoms. The Balaban J connectivity index is 2.15. The van der Waals surface area contributed by atoms with E-state index in [9.17, 15) is 0 Å². The molecule has 2 rings (SSSR count). The maximum atomic E-state index is 8.94. The Kier molecular flexibility index (Phi) is 4.11. The van der Waals surface area contributed by atoms with Crippen molar-refractivity contribution in [3.05, 3.63) is 36.5 Å². The summed E-state index contributed by atoms with van der Waals surface area (Å²) in [5.41, 5.74) is 0.895. The molecule has 92 valence electrons. The topological polar surface area (TPSA) is 57.9 Å². The zero-order valence-electron chi connectivity index (χ0n) is 10.3. The third-order valence-electron chi connectivity index (χ3n) is 2.62. The van der Waals surface area contributed by atoms with Gasteiger partial charge in [0.05, 0.1) is 11.6 Å². The molecule has 1 unspecified atom stereocenters. The summed E-state index contributed by atoms with van der Waals surface area (Å²) >= 11 is 0. The molecule has 0 aliphatic rings. The summed E-state index contributed by atoms with van der Waals surface area (Å²) in [6.07, 6.45) is 1.75. The summed E-state index contributed by atoms with van der Waals surface area (Å²) < 4.78 is 5.70. The van der Waals surface area contributed by atoms with Gasteiger partial charge in [-0.15, -0.1) is 0 Å². The lowest BCUT2D eigenvalue weighted by atomic mass is 10.2. The van der Waals surface area contributed by atoms with Crippen LogP contribution in [0.1, 0.15) is 6.92 Å². The van der Waals surface area contributed by atoms with Crippen LogP contribution in [-0.2, 0) is 0 Å². The van der Waals surface area contributed by atoms with Crippen molar-refractivity contribution in [3.63, 3.8) is 0 Å². The third-order valence-corrected chi connectivity index (χ3v) is 2.62. The van der Waals surface area contributed by atoms with E-state index in [-0.39, 0.29) is 6.04 Å². The standard InChI is InChI=1S/C14H15N3O/c1-2-16-11(9-15)10-18-14-7-3-6-13-12(14)5-4-8-17-13/h3-8,11,16H,2,10H2,1H3. The first-order valence-electron chi connectivity index (χ1n) is 5.94. The molecule has 4 heteroatoms. The van der Waals surface area contributed by atoms with Crippen LogP contribution in [0.15, 0.2) is 36.5 Å². The first-order valence-corrected chi connectivity index (χ1v) is 5.94. The summed E-state index contributed by atoms with van der Waals surface area (Å²) in [5.74, 6) is 0.763. The lowest BCUT2D eigenvalue weighted by Crippen LogP contribution is -2.33. The van der Waals surface area contributed by atoms with Crippen LogP contribution in [0.3, 0.4) is 0 Å². The van der Waals surface area contributed by atoms with Crippen molar-refractivity contribution < 1.29 is 4.74 Å². The van der Waals surface area contributed by atoms with Gasteiger partial charge in [-0.05, 0) is 30.8 Å². The highest BCUT2D eigenvalue weighted by Gasteiger charge is 2.08. The van der Waals surface area contributed by atoms with Gasteiger partial charge in [-0.1, -0.05) is 13.0 Å². The molecule has 2 aromatic rings. The number of hydrogen-bond donors (Lipinski definition) is 1. The summed E-state index contributed by atoms with van der Waals surface area (Å²) in [5, 5.41) is 13.0. The summed E-state index contributed by atoms with van der Waals surface area (Å²) in [6.45, 7) is 3.04. The molecular formula is C14H15N3O. The van der Waals surface area contributed by atoms with Crippen molar-refractivity contribution in [2.75, 3.05) is 13.2 Å². The quantitative estimate of drug-likeness (QED) is 0.871. The molecular weight excluding hydrogens is 226 g/mol. The van der Waals surface area contributed by atoms with Crippen molar-refractivity contribution in [1.29, 1.82) is 5.26 Å². The van der Waals surface area contributed by atoms with Crippen LogP contribution in [0.2, 0.25) is 0 Å². The van der Waals surface area contributed by atoms with E-state index in [0.717, 1.165) is 23.2 Å². The Bertz CT molecular complexity index is 557. The molecule has 0 aliphatic carbocycles. The SMILES string of the molecule is CCNC(C#N)COc1cccc2ncccc12. The molecule has 0 fully saturated rings. The molecule has 1 heterocycles. The van der Waals surface area contributed by atoms with E-state index in [2.05, 4.69) is 16.4 Å². The lowest BCUT2D eigenvalue weighted by molar-refractivity contribution is 0.294. The van der Waals surface area contributed by atoms with E-state index in [1.807, 2.05) is 37.3 Å². The van der Waals surface area contributed by atoms with Crippen LogP contribution in [0, 0.1) is 11.3 Å². The van der Waals surface area contributed by atoms with E-state index < -0.39 is 0 Å². The highest BCUT2D eigenvalue weighted by molar-refractivity contribution is 5.84. The van der Waals surface area contributed by atoms with Crippen molar-refractivity contribution in [2.45, 2.75) is 13.0 Å². The molecule has 0 saturated heterocycles. The number of rotatable bonds is 5. The van der Waals surface area contributed by atoms with Gasteiger partial charge in [-0.2, -0.15) is 5.26 Å². The predicted octanol–water partition coefficient (Wildman–Crippen LogP) is 2.12. The van der Waals surface area contributed by atoms with Gasteiger partial charge in [0.15, 0.2) is 0 Å². The highest BCUT2D eigenvalue weighted by Crippen LogP contribution is 2.23. The zero-order valence-corrected chi connectivity index (χ0v) is 10.3. The Morgan fingerprint density at radius 2 is 2.28 bits per heavy atom. The van der Waals surface area contributed by atoms with Crippen molar-refractivity contribution in [1.82, 2.24) is 10.3 Å². The van der Waals surface area contributed by atoms with Gasteiger partial charge in [0.2, 0.25) is 0 Å². The number of nitriles is 1. The molecule has 1 aromatic heterocycles. The molecule has 0 aliphatic heterocycles. The Labute approximate surface area is 106 Å². The van der Waals surface area contributed by atoms with Crippen LogP contribution in [0.25, 0.3) is 10.9 Å². The smallest absolute Gasteiger partial charge is 0.130 e. The summed E-state index contributed by atoms with van der Waals surface area (Å²) in [4.78, 5) is 4.26. The van der Waals surface area contributed by atoms with Gasteiger partial charge < -0.3 is 4.74 Å². The molecule has 4 nitrogen and oxygen atoms in total. The van der Waals surface area contributed by atoms with Crippen LogP contribution < -0.4 is 10.1 Å². The van der Waals surface area contributed by atoms with Crippen molar-refractivity contribution >= 4 is 10.9 Å². The monoisotopic (exact) mass is 241 g/mol. The van der Waals surface area contributed by atoms with Gasteiger partial charge in [-0.3, -0.25) is 10.3 Å². The van der Waals surface area contributed by atoms with Crippen molar-refractivity contribution in [3.8, 4) is 11.8 Å². The second kappa shape index (κ2) is 5.99. The maximum absolute atomic E-state index is 8.94. The van der Waals surface area contributed by atoms with Crippen LogP contribution in [0.4, 0.5) is 0 Å². The summed E-state index contributed by atoms with van der Waals surface area (Å²) in [7, 11) is 0. The number of hydrogen-bond acceptors (Lipinski definition) is 4. The van der Waals surface area contributed by atoms with E-state index >= 15 is 0 Å². The minimum atomic E-state index is -0.290. The van der Waals surface area contributed by atoms with Gasteiger partial charge in [0.25, 0.3) is 0 Å². The molecule has 1 atom stereocenters. The number of nitrogens with zero attached hydrogens (tertiary/aromatic N) is 2. The Morgan fingerprint density at radius 1 is 1.39 bits per heavy atom. The second-order valence-corrected chi connectivity index (χ2v) is 3.88. The molecule has 18 heavy (non-hydrogen) atoms. The Morgan fingerprint density at radius 3 is 3.06 bits per heavy atom. The minimum Gasteiger partial charge on any atom is -0.490 e. The van der Waals surface area contributed by atoms with E-state index in [1.165, 1.54) is 0 Å². The number of likely N-dealkylation sites (N-methyl/N-ethyl adjacent to an activating group) is 1. The fraction of sp³-hybridized carbons (Fsp3) is 0.286. The normalized spacial score (nSPS) is 12.0. The van der Waals surface area contributed by atoms with E-state index in [4.69, 9.17) is 10.00 Å². The van der Waals surface area contributed by atoms with Crippen molar-refractivity contribution in [2.24, 2.45) is 0 Å². The third kappa shape index (κ3) is 2.76. The molecule has 0 amide bonds. The molecule has 1 N–H and O–H groups in total. The van der Waals surface area contributed by atoms with Gasteiger partial charge >= 0.3 is 0 Å². The predicted molar refractivity (Wildman–Crippen MR) is 70.3 cm³/mol. The van der Waals surface area contributed by atoms with Gasteiger partial charge in [0, 0.05) is 11.6 Å². The zero-order chi connectivity index (χ0) is 12.8. The molecule has 0 radical (unpaired) electrons. The van der Waals surface area contributed by atoms with Gasteiger partial charge in [-0.25, -0.2) is 0 Å². The highest BCUT2D eigenvalue weighted by atomic mass is 16.5. The number of ether oxygens (including phenoxy) is 1. The number of pyridine rings is 1. The molecule has 0 saturated carbocycles. The average molecular weight is 241 g/mol. The number of fused-ring (bicyclic) bond motifs is 1. The fourth-order valence-corrected chi connectivity index (χ4v) is 1.76. The number of benzene rings is 1. The van der Waals surface area contributed by atoms with Crippen LogP contribution in [-0.4, -0.2) is 24.2 Å². The van der Waals surface area contributed by atoms with E-state index in [1.54, 1.807) is 6.20 Å². The minimum absolute atomic E-state index is 0.290. The molecule has 0 spiro atoms. The van der Waals surface area contributed by atoms with E-state index in [0.29, 0.717) is 6.61 Å². The number of nitrogens with one attached hydrogen (secondary N) is 1. The fourth-order valence-electron chi connectivity index (χ4n) is 1.76. The van der Waals surface area contributed by atoms with Crippen LogP contribution >= 0.6 is 0 Å². The van der Waals surface area contributed by atoms with Crippen LogP contribution in [0.5, 0.6) is 5.75 Å².